The topological polar surface area (TPSA) is 53.3 Å². The number of ether oxygens (including phenoxy) is 1. The summed E-state index contributed by atoms with van der Waals surface area (Å²) in [5.41, 5.74) is -0.817. The maximum Gasteiger partial charge on any atom is 0.243 e. The van der Waals surface area contributed by atoms with E-state index < -0.39 is 5.41 Å². The molecule has 0 spiro atoms. The van der Waals surface area contributed by atoms with E-state index in [1.165, 1.54) is 6.42 Å². The molecule has 0 atom stereocenters. The number of carbonyl (C=O) groups excluding carboxylic acids is 1. The van der Waals surface area contributed by atoms with Crippen LogP contribution in [0.15, 0.2) is 0 Å². The molecule has 4 heteroatoms. The van der Waals surface area contributed by atoms with Crippen LogP contribution in [0.5, 0.6) is 0 Å². The van der Waals surface area contributed by atoms with Crippen LogP contribution in [0.2, 0.25) is 0 Å². The van der Waals surface area contributed by atoms with Crippen LogP contribution >= 0.6 is 0 Å². The molecule has 16 heavy (non-hydrogen) atoms. The Labute approximate surface area is 96.2 Å². The molecule has 0 aromatic carbocycles. The summed E-state index contributed by atoms with van der Waals surface area (Å²) in [4.78, 5) is 14.1. The Bertz CT molecular complexity index is 311. The standard InChI is InChI=1S/C12H18N2O2/c1-14(10-3-2-4-10)11(15)12(9-13)5-7-16-8-6-12/h10H,2-8H2,1H3. The molecule has 1 saturated carbocycles. The molecule has 1 heterocycles. The van der Waals surface area contributed by atoms with Gasteiger partial charge in [0.05, 0.1) is 6.07 Å². The molecule has 1 amide bonds. The van der Waals surface area contributed by atoms with Crippen LogP contribution in [-0.4, -0.2) is 37.1 Å². The Hall–Kier alpha value is -1.08. The number of rotatable bonds is 2. The minimum atomic E-state index is -0.817. The summed E-state index contributed by atoms with van der Waals surface area (Å²) >= 11 is 0. The Morgan fingerprint density at radius 1 is 1.44 bits per heavy atom. The zero-order valence-corrected chi connectivity index (χ0v) is 9.74. The third-order valence-corrected chi connectivity index (χ3v) is 3.91. The van der Waals surface area contributed by atoms with E-state index in [0.717, 1.165) is 12.8 Å². The first-order chi connectivity index (χ1) is 7.69. The molecule has 0 radical (unpaired) electrons. The summed E-state index contributed by atoms with van der Waals surface area (Å²) in [6, 6.07) is 2.59. The van der Waals surface area contributed by atoms with Crippen molar-refractivity contribution < 1.29 is 9.53 Å². The minimum Gasteiger partial charge on any atom is -0.381 e. The number of amides is 1. The molecule has 2 aliphatic rings. The highest BCUT2D eigenvalue weighted by Gasteiger charge is 2.44. The molecule has 0 aromatic rings. The predicted octanol–water partition coefficient (Wildman–Crippen LogP) is 1.32. The summed E-state index contributed by atoms with van der Waals surface area (Å²) in [6.45, 7) is 1.05. The van der Waals surface area contributed by atoms with Crippen LogP contribution in [0.1, 0.15) is 32.1 Å². The van der Waals surface area contributed by atoms with Crippen molar-refractivity contribution in [1.82, 2.24) is 4.90 Å². The molecular weight excluding hydrogens is 204 g/mol. The van der Waals surface area contributed by atoms with Gasteiger partial charge in [0.2, 0.25) is 5.91 Å². The lowest BCUT2D eigenvalue weighted by molar-refractivity contribution is -0.145. The van der Waals surface area contributed by atoms with Crippen LogP contribution in [0, 0.1) is 16.7 Å². The average molecular weight is 222 g/mol. The van der Waals surface area contributed by atoms with Crippen molar-refractivity contribution in [2.75, 3.05) is 20.3 Å². The maximum atomic E-state index is 12.3. The molecule has 2 fully saturated rings. The fraction of sp³-hybridized carbons (Fsp3) is 0.833. The lowest BCUT2D eigenvalue weighted by Crippen LogP contribution is -2.50. The van der Waals surface area contributed by atoms with Gasteiger partial charge in [-0.25, -0.2) is 0 Å². The molecule has 1 aliphatic carbocycles. The largest absolute Gasteiger partial charge is 0.381 e. The first kappa shape index (κ1) is 11.4. The highest BCUT2D eigenvalue weighted by Crippen LogP contribution is 2.34. The van der Waals surface area contributed by atoms with E-state index in [1.54, 1.807) is 4.90 Å². The van der Waals surface area contributed by atoms with Crippen molar-refractivity contribution >= 4 is 5.91 Å². The van der Waals surface area contributed by atoms with Crippen molar-refractivity contribution in [3.63, 3.8) is 0 Å². The first-order valence-electron chi connectivity index (χ1n) is 5.96. The smallest absolute Gasteiger partial charge is 0.243 e. The molecular formula is C12H18N2O2. The molecule has 0 N–H and O–H groups in total. The van der Waals surface area contributed by atoms with Gasteiger partial charge in [0.15, 0.2) is 0 Å². The monoisotopic (exact) mass is 222 g/mol. The Balaban J connectivity index is 2.08. The number of nitrogens with zero attached hydrogens (tertiary/aromatic N) is 2. The Morgan fingerprint density at radius 3 is 2.50 bits per heavy atom. The molecule has 0 unspecified atom stereocenters. The lowest BCUT2D eigenvalue weighted by Gasteiger charge is -2.40. The highest BCUT2D eigenvalue weighted by molar-refractivity contribution is 5.85. The number of hydrogen-bond acceptors (Lipinski definition) is 3. The van der Waals surface area contributed by atoms with Crippen LogP contribution in [-0.2, 0) is 9.53 Å². The molecule has 4 nitrogen and oxygen atoms in total. The summed E-state index contributed by atoms with van der Waals surface area (Å²) in [6.07, 6.45) is 4.45. The zero-order valence-electron chi connectivity index (χ0n) is 9.74. The lowest BCUT2D eigenvalue weighted by atomic mass is 9.79. The molecule has 0 aromatic heterocycles. The summed E-state index contributed by atoms with van der Waals surface area (Å²) in [7, 11) is 1.83. The van der Waals surface area contributed by atoms with Crippen LogP contribution in [0.4, 0.5) is 0 Å². The van der Waals surface area contributed by atoms with Crippen LogP contribution < -0.4 is 0 Å². The number of carbonyl (C=O) groups is 1. The van der Waals surface area contributed by atoms with Gasteiger partial charge in [0.1, 0.15) is 5.41 Å². The van der Waals surface area contributed by atoms with Crippen LogP contribution in [0.25, 0.3) is 0 Å². The Kier molecular flexibility index (Phi) is 3.15. The van der Waals surface area contributed by atoms with Crippen molar-refractivity contribution in [2.45, 2.75) is 38.1 Å². The second-order valence-electron chi connectivity index (χ2n) is 4.81. The quantitative estimate of drug-likeness (QED) is 0.708. The molecule has 0 bridgehead atoms. The second kappa shape index (κ2) is 4.42. The van der Waals surface area contributed by atoms with E-state index in [1.807, 2.05) is 7.05 Å². The van der Waals surface area contributed by atoms with Crippen molar-refractivity contribution in [2.24, 2.45) is 5.41 Å². The molecule has 1 aliphatic heterocycles. The SMILES string of the molecule is CN(C(=O)C1(C#N)CCOCC1)C1CCC1. The van der Waals surface area contributed by atoms with Gasteiger partial charge in [-0.05, 0) is 32.1 Å². The van der Waals surface area contributed by atoms with Crippen molar-refractivity contribution in [3.8, 4) is 6.07 Å². The third-order valence-electron chi connectivity index (χ3n) is 3.91. The van der Waals surface area contributed by atoms with Gasteiger partial charge in [0, 0.05) is 26.3 Å². The minimum absolute atomic E-state index is 0.00278. The highest BCUT2D eigenvalue weighted by atomic mass is 16.5. The van der Waals surface area contributed by atoms with Gasteiger partial charge in [-0.1, -0.05) is 0 Å². The van der Waals surface area contributed by atoms with Crippen molar-refractivity contribution in [1.29, 1.82) is 5.26 Å². The second-order valence-corrected chi connectivity index (χ2v) is 4.81. The van der Waals surface area contributed by atoms with Crippen LogP contribution in [0.3, 0.4) is 0 Å². The molecule has 2 rings (SSSR count). The average Bonchev–Trinajstić information content (AvgIpc) is 2.26. The van der Waals surface area contributed by atoms with E-state index in [4.69, 9.17) is 4.74 Å². The number of nitriles is 1. The van der Waals surface area contributed by atoms with Gasteiger partial charge in [-0.2, -0.15) is 5.26 Å². The number of hydrogen-bond donors (Lipinski definition) is 0. The fourth-order valence-corrected chi connectivity index (χ4v) is 2.37. The van der Waals surface area contributed by atoms with E-state index in [0.29, 0.717) is 32.1 Å². The zero-order chi connectivity index (χ0) is 11.6. The van der Waals surface area contributed by atoms with E-state index in [2.05, 4.69) is 6.07 Å². The summed E-state index contributed by atoms with van der Waals surface area (Å²) < 4.78 is 5.24. The third kappa shape index (κ3) is 1.80. The normalized spacial score (nSPS) is 24.2. The molecule has 88 valence electrons. The van der Waals surface area contributed by atoms with E-state index in [9.17, 15) is 10.1 Å². The van der Waals surface area contributed by atoms with Gasteiger partial charge in [0.25, 0.3) is 0 Å². The Morgan fingerprint density at radius 2 is 2.06 bits per heavy atom. The first-order valence-corrected chi connectivity index (χ1v) is 5.96. The van der Waals surface area contributed by atoms with Crippen molar-refractivity contribution in [3.05, 3.63) is 0 Å². The van der Waals surface area contributed by atoms with E-state index in [-0.39, 0.29) is 5.91 Å². The predicted molar refractivity (Wildman–Crippen MR) is 58.5 cm³/mol. The van der Waals surface area contributed by atoms with E-state index >= 15 is 0 Å². The summed E-state index contributed by atoms with van der Waals surface area (Å²) in [5, 5.41) is 9.28. The molecule has 1 saturated heterocycles. The summed E-state index contributed by atoms with van der Waals surface area (Å²) in [5.74, 6) is 0.00278. The van der Waals surface area contributed by atoms with Gasteiger partial charge < -0.3 is 9.64 Å². The van der Waals surface area contributed by atoms with Gasteiger partial charge >= 0.3 is 0 Å². The maximum absolute atomic E-state index is 12.3. The van der Waals surface area contributed by atoms with Gasteiger partial charge in [-0.15, -0.1) is 0 Å². The fourth-order valence-electron chi connectivity index (χ4n) is 2.37. The van der Waals surface area contributed by atoms with Gasteiger partial charge in [-0.3, -0.25) is 4.79 Å².